The van der Waals surface area contributed by atoms with Gasteiger partial charge in [-0.3, -0.25) is 4.79 Å². The van der Waals surface area contributed by atoms with Crippen molar-refractivity contribution < 1.29 is 14.3 Å². The van der Waals surface area contributed by atoms with E-state index in [0.29, 0.717) is 38.2 Å². The van der Waals surface area contributed by atoms with Crippen LogP contribution in [0.5, 0.6) is 11.5 Å². The van der Waals surface area contributed by atoms with Gasteiger partial charge in [-0.05, 0) is 54.1 Å². The Morgan fingerprint density at radius 2 is 1.80 bits per heavy atom. The molecule has 1 amide bonds. The van der Waals surface area contributed by atoms with E-state index >= 15 is 0 Å². The number of hydrogen-bond acceptors (Lipinski definition) is 4. The molecule has 0 aliphatic rings. The minimum absolute atomic E-state index is 0.176. The van der Waals surface area contributed by atoms with Crippen LogP contribution in [0.15, 0.2) is 70.2 Å². The van der Waals surface area contributed by atoms with Crippen LogP contribution in [0.25, 0.3) is 0 Å². The number of methoxy groups -OCH3 is 1. The molecule has 8 heteroatoms. The molecule has 3 rings (SSSR count). The number of benzene rings is 3. The number of ether oxygens (including phenoxy) is 2. The Kier molecular flexibility index (Phi) is 7.74. The van der Waals surface area contributed by atoms with Crippen molar-refractivity contribution in [2.45, 2.75) is 6.61 Å². The summed E-state index contributed by atoms with van der Waals surface area (Å²) in [6, 6.07) is 17.6. The summed E-state index contributed by atoms with van der Waals surface area (Å²) < 4.78 is 12.0. The van der Waals surface area contributed by atoms with Gasteiger partial charge in [0.15, 0.2) is 11.5 Å². The van der Waals surface area contributed by atoms with Crippen molar-refractivity contribution >= 4 is 51.3 Å². The summed E-state index contributed by atoms with van der Waals surface area (Å²) in [7, 11) is 1.55. The third-order valence-corrected chi connectivity index (χ3v) is 5.29. The molecule has 154 valence electrons. The minimum Gasteiger partial charge on any atom is -0.493 e. The van der Waals surface area contributed by atoms with E-state index in [1.165, 1.54) is 6.21 Å². The molecule has 1 N–H and O–H groups in total. The number of carbonyl (C=O) groups excluding carboxylic acids is 1. The van der Waals surface area contributed by atoms with Gasteiger partial charge in [-0.25, -0.2) is 5.43 Å². The van der Waals surface area contributed by atoms with E-state index in [1.807, 2.05) is 6.07 Å². The molecule has 0 unspecified atom stereocenters. The number of hydrogen-bond donors (Lipinski definition) is 1. The Morgan fingerprint density at radius 1 is 1.07 bits per heavy atom. The molecule has 0 spiro atoms. The van der Waals surface area contributed by atoms with E-state index in [9.17, 15) is 4.79 Å². The van der Waals surface area contributed by atoms with Crippen LogP contribution in [0.2, 0.25) is 10.0 Å². The molecular formula is C22H17BrCl2N2O3. The standard InChI is InChI=1S/C22H17BrCl2N2O3/c1-29-20-9-8-14(12-26-27-22(28)15-4-2-5-16(23)11-15)10-21(20)30-13-17-18(24)6-3-7-19(17)25/h2-12H,13H2,1H3,(H,27,28)/b26-12-. The number of nitrogens with one attached hydrogen (secondary N) is 1. The van der Waals surface area contributed by atoms with Gasteiger partial charge >= 0.3 is 0 Å². The summed E-state index contributed by atoms with van der Waals surface area (Å²) in [5.74, 6) is 0.732. The van der Waals surface area contributed by atoms with Gasteiger partial charge in [-0.1, -0.05) is 51.3 Å². The predicted octanol–water partition coefficient (Wildman–Crippen LogP) is 6.11. The molecule has 0 atom stereocenters. The third kappa shape index (κ3) is 5.75. The van der Waals surface area contributed by atoms with Gasteiger partial charge in [-0.15, -0.1) is 0 Å². The number of halogens is 3. The van der Waals surface area contributed by atoms with E-state index in [2.05, 4.69) is 26.5 Å². The van der Waals surface area contributed by atoms with Crippen LogP contribution in [0.1, 0.15) is 21.5 Å². The average Bonchev–Trinajstić information content (AvgIpc) is 2.73. The molecule has 0 heterocycles. The first-order valence-corrected chi connectivity index (χ1v) is 10.4. The van der Waals surface area contributed by atoms with Crippen LogP contribution in [-0.4, -0.2) is 19.2 Å². The van der Waals surface area contributed by atoms with Crippen LogP contribution in [0.3, 0.4) is 0 Å². The summed E-state index contributed by atoms with van der Waals surface area (Å²) in [4.78, 5) is 12.2. The second-order valence-electron chi connectivity index (χ2n) is 6.11. The van der Waals surface area contributed by atoms with Crippen molar-refractivity contribution in [1.82, 2.24) is 5.43 Å². The van der Waals surface area contributed by atoms with Crippen LogP contribution >= 0.6 is 39.1 Å². The lowest BCUT2D eigenvalue weighted by atomic mass is 10.2. The van der Waals surface area contributed by atoms with E-state index in [4.69, 9.17) is 32.7 Å². The molecule has 30 heavy (non-hydrogen) atoms. The lowest BCUT2D eigenvalue weighted by Gasteiger charge is -2.13. The first-order chi connectivity index (χ1) is 14.5. The largest absolute Gasteiger partial charge is 0.493 e. The molecular weight excluding hydrogens is 491 g/mol. The first kappa shape index (κ1) is 22.2. The monoisotopic (exact) mass is 506 g/mol. The molecule has 3 aromatic carbocycles. The van der Waals surface area contributed by atoms with Gasteiger partial charge < -0.3 is 9.47 Å². The second kappa shape index (κ2) is 10.5. The summed E-state index contributed by atoms with van der Waals surface area (Å²) in [6.07, 6.45) is 1.52. The highest BCUT2D eigenvalue weighted by Gasteiger charge is 2.10. The highest BCUT2D eigenvalue weighted by Crippen LogP contribution is 2.31. The molecule has 0 aliphatic carbocycles. The summed E-state index contributed by atoms with van der Waals surface area (Å²) >= 11 is 15.7. The third-order valence-electron chi connectivity index (χ3n) is 4.09. The Labute approximate surface area is 192 Å². The normalized spacial score (nSPS) is 10.8. The van der Waals surface area contributed by atoms with Gasteiger partial charge in [0.1, 0.15) is 6.61 Å². The zero-order chi connectivity index (χ0) is 21.5. The molecule has 3 aromatic rings. The number of carbonyl (C=O) groups is 1. The van der Waals surface area contributed by atoms with Crippen LogP contribution in [0, 0.1) is 0 Å². The van der Waals surface area contributed by atoms with Crippen LogP contribution in [-0.2, 0) is 6.61 Å². The molecule has 5 nitrogen and oxygen atoms in total. The fourth-order valence-electron chi connectivity index (χ4n) is 2.57. The highest BCUT2D eigenvalue weighted by atomic mass is 79.9. The van der Waals surface area contributed by atoms with E-state index in [0.717, 1.165) is 4.47 Å². The van der Waals surface area contributed by atoms with E-state index in [1.54, 1.807) is 61.7 Å². The minimum atomic E-state index is -0.314. The maximum absolute atomic E-state index is 12.2. The molecule has 0 saturated heterocycles. The van der Waals surface area contributed by atoms with Gasteiger partial charge in [0.05, 0.1) is 13.3 Å². The fraction of sp³-hybridized carbons (Fsp3) is 0.0909. The van der Waals surface area contributed by atoms with Gasteiger partial charge in [0, 0.05) is 25.6 Å². The SMILES string of the molecule is COc1ccc(/C=N\NC(=O)c2cccc(Br)c2)cc1OCc1c(Cl)cccc1Cl. The molecule has 0 aliphatic heterocycles. The predicted molar refractivity (Wildman–Crippen MR) is 123 cm³/mol. The lowest BCUT2D eigenvalue weighted by Crippen LogP contribution is -2.17. The summed E-state index contributed by atoms with van der Waals surface area (Å²) in [5.41, 5.74) is 4.39. The maximum Gasteiger partial charge on any atom is 0.271 e. The Hall–Kier alpha value is -2.54. The molecule has 0 fully saturated rings. The average molecular weight is 508 g/mol. The van der Waals surface area contributed by atoms with Crippen molar-refractivity contribution in [1.29, 1.82) is 0 Å². The second-order valence-corrected chi connectivity index (χ2v) is 7.84. The maximum atomic E-state index is 12.2. The molecule has 0 aromatic heterocycles. The molecule has 0 bridgehead atoms. The number of hydrazone groups is 1. The smallest absolute Gasteiger partial charge is 0.271 e. The van der Waals surface area contributed by atoms with E-state index < -0.39 is 0 Å². The Balaban J connectivity index is 1.70. The summed E-state index contributed by atoms with van der Waals surface area (Å²) in [6.45, 7) is 0.176. The Morgan fingerprint density at radius 3 is 2.50 bits per heavy atom. The van der Waals surface area contributed by atoms with Crippen molar-refractivity contribution in [2.75, 3.05) is 7.11 Å². The molecule has 0 radical (unpaired) electrons. The zero-order valence-electron chi connectivity index (χ0n) is 15.9. The van der Waals surface area contributed by atoms with Crippen molar-refractivity contribution in [3.8, 4) is 11.5 Å². The van der Waals surface area contributed by atoms with Crippen molar-refractivity contribution in [3.63, 3.8) is 0 Å². The number of amides is 1. The molecule has 0 saturated carbocycles. The first-order valence-electron chi connectivity index (χ1n) is 8.80. The highest BCUT2D eigenvalue weighted by molar-refractivity contribution is 9.10. The van der Waals surface area contributed by atoms with E-state index in [-0.39, 0.29) is 12.5 Å². The number of nitrogens with zero attached hydrogens (tertiary/aromatic N) is 1. The van der Waals surface area contributed by atoms with Gasteiger partial charge in [0.25, 0.3) is 5.91 Å². The topological polar surface area (TPSA) is 59.9 Å². The Bertz CT molecular complexity index is 1070. The van der Waals surface area contributed by atoms with Crippen LogP contribution < -0.4 is 14.9 Å². The zero-order valence-corrected chi connectivity index (χ0v) is 19.0. The van der Waals surface area contributed by atoms with Crippen LogP contribution in [0.4, 0.5) is 0 Å². The summed E-state index contributed by atoms with van der Waals surface area (Å²) in [5, 5.41) is 5.06. The lowest BCUT2D eigenvalue weighted by molar-refractivity contribution is 0.0955. The fourth-order valence-corrected chi connectivity index (χ4v) is 3.47. The van der Waals surface area contributed by atoms with Crippen molar-refractivity contribution in [3.05, 3.63) is 91.9 Å². The van der Waals surface area contributed by atoms with Gasteiger partial charge in [-0.2, -0.15) is 5.10 Å². The van der Waals surface area contributed by atoms with Gasteiger partial charge in [0.2, 0.25) is 0 Å². The number of rotatable bonds is 7. The van der Waals surface area contributed by atoms with Crippen molar-refractivity contribution in [2.24, 2.45) is 5.10 Å². The quantitative estimate of drug-likeness (QED) is 0.310.